The van der Waals surface area contributed by atoms with Gasteiger partial charge in [-0.2, -0.15) is 11.3 Å². The summed E-state index contributed by atoms with van der Waals surface area (Å²) in [6, 6.07) is 8.60. The Morgan fingerprint density at radius 2 is 1.89 bits per heavy atom. The van der Waals surface area contributed by atoms with Gasteiger partial charge in [0.15, 0.2) is 5.96 Å². The normalized spacial score (nSPS) is 15.4. The second-order valence-corrected chi connectivity index (χ2v) is 7.58. The van der Waals surface area contributed by atoms with Crippen LogP contribution >= 0.6 is 11.3 Å². The average Bonchev–Trinajstić information content (AvgIpc) is 3.26. The van der Waals surface area contributed by atoms with Gasteiger partial charge >= 0.3 is 0 Å². The molecule has 6 nitrogen and oxygen atoms in total. The molecule has 0 bridgehead atoms. The van der Waals surface area contributed by atoms with Crippen LogP contribution in [-0.4, -0.2) is 45.9 Å². The van der Waals surface area contributed by atoms with E-state index in [0.717, 1.165) is 55.6 Å². The molecule has 1 saturated heterocycles. The van der Waals surface area contributed by atoms with E-state index in [0.29, 0.717) is 12.6 Å². The Morgan fingerprint density at radius 1 is 1.18 bits per heavy atom. The SMILES string of the molecule is CCNC(=NCc1ccsc1)NC1CCN(c2cc(OC)cc(OC)c2)CC1. The number of guanidine groups is 1. The monoisotopic (exact) mass is 402 g/mol. The van der Waals surface area contributed by atoms with Crippen LogP contribution in [0.15, 0.2) is 40.0 Å². The molecule has 0 unspecified atom stereocenters. The number of piperidine rings is 1. The summed E-state index contributed by atoms with van der Waals surface area (Å²) in [6.07, 6.45) is 2.12. The van der Waals surface area contributed by atoms with Gasteiger partial charge in [-0.05, 0) is 42.2 Å². The van der Waals surface area contributed by atoms with Gasteiger partial charge in [0, 0.05) is 49.6 Å². The van der Waals surface area contributed by atoms with Crippen molar-refractivity contribution in [2.24, 2.45) is 4.99 Å². The molecule has 28 heavy (non-hydrogen) atoms. The lowest BCUT2D eigenvalue weighted by Gasteiger charge is -2.34. The fourth-order valence-corrected chi connectivity index (χ4v) is 3.98. The molecule has 0 spiro atoms. The highest BCUT2D eigenvalue weighted by Crippen LogP contribution is 2.30. The van der Waals surface area contributed by atoms with Crippen LogP contribution in [0, 0.1) is 0 Å². The standard InChI is InChI=1S/C21H30N4O2S/c1-4-22-21(23-14-16-7-10-28-15-16)24-17-5-8-25(9-6-17)18-11-19(26-2)13-20(12-18)27-3/h7,10-13,15,17H,4-6,8-9,14H2,1-3H3,(H2,22,23,24). The molecule has 0 atom stereocenters. The van der Waals surface area contributed by atoms with E-state index < -0.39 is 0 Å². The number of rotatable bonds is 7. The Hall–Kier alpha value is -2.41. The second kappa shape index (κ2) is 10.2. The van der Waals surface area contributed by atoms with E-state index in [1.54, 1.807) is 25.6 Å². The van der Waals surface area contributed by atoms with Crippen LogP contribution in [0.5, 0.6) is 11.5 Å². The van der Waals surface area contributed by atoms with Crippen molar-refractivity contribution in [2.45, 2.75) is 32.4 Å². The molecule has 152 valence electrons. The molecule has 2 heterocycles. The Labute approximate surface area is 171 Å². The number of ether oxygens (including phenoxy) is 2. The van der Waals surface area contributed by atoms with Crippen LogP contribution in [-0.2, 0) is 6.54 Å². The molecule has 1 aromatic carbocycles. The van der Waals surface area contributed by atoms with E-state index in [9.17, 15) is 0 Å². The van der Waals surface area contributed by atoms with Crippen LogP contribution in [0.2, 0.25) is 0 Å². The quantitative estimate of drug-likeness (QED) is 0.548. The van der Waals surface area contributed by atoms with Gasteiger partial charge in [0.1, 0.15) is 11.5 Å². The predicted octanol–water partition coefficient (Wildman–Crippen LogP) is 3.49. The second-order valence-electron chi connectivity index (χ2n) is 6.80. The summed E-state index contributed by atoms with van der Waals surface area (Å²) in [5.41, 5.74) is 2.40. The molecule has 0 radical (unpaired) electrons. The zero-order chi connectivity index (χ0) is 19.8. The van der Waals surface area contributed by atoms with E-state index in [1.165, 1.54) is 5.56 Å². The molecular formula is C21H30N4O2S. The Bertz CT molecular complexity index is 734. The predicted molar refractivity (Wildman–Crippen MR) is 117 cm³/mol. The zero-order valence-electron chi connectivity index (χ0n) is 16.9. The molecule has 0 aliphatic carbocycles. The number of nitrogens with zero attached hydrogens (tertiary/aromatic N) is 2. The molecule has 2 N–H and O–H groups in total. The van der Waals surface area contributed by atoms with Gasteiger partial charge in [-0.1, -0.05) is 0 Å². The van der Waals surface area contributed by atoms with Gasteiger partial charge in [0.25, 0.3) is 0 Å². The van der Waals surface area contributed by atoms with Crippen molar-refractivity contribution in [1.82, 2.24) is 10.6 Å². The van der Waals surface area contributed by atoms with Gasteiger partial charge < -0.3 is 25.0 Å². The first-order chi connectivity index (χ1) is 13.7. The fourth-order valence-electron chi connectivity index (χ4n) is 3.32. The van der Waals surface area contributed by atoms with Crippen molar-refractivity contribution in [1.29, 1.82) is 0 Å². The zero-order valence-corrected chi connectivity index (χ0v) is 17.7. The highest BCUT2D eigenvalue weighted by Gasteiger charge is 2.21. The minimum Gasteiger partial charge on any atom is -0.497 e. The maximum atomic E-state index is 5.40. The lowest BCUT2D eigenvalue weighted by atomic mass is 10.0. The molecule has 1 aliphatic rings. The van der Waals surface area contributed by atoms with Gasteiger partial charge in [-0.3, -0.25) is 0 Å². The third kappa shape index (κ3) is 5.55. The molecular weight excluding hydrogens is 372 g/mol. The minimum atomic E-state index is 0.420. The topological polar surface area (TPSA) is 58.1 Å². The van der Waals surface area contributed by atoms with Crippen LogP contribution in [0.1, 0.15) is 25.3 Å². The number of anilines is 1. The highest BCUT2D eigenvalue weighted by atomic mass is 32.1. The smallest absolute Gasteiger partial charge is 0.191 e. The molecule has 1 aromatic heterocycles. The Morgan fingerprint density at radius 3 is 2.46 bits per heavy atom. The number of methoxy groups -OCH3 is 2. The van der Waals surface area contributed by atoms with Gasteiger partial charge in [-0.25, -0.2) is 4.99 Å². The summed E-state index contributed by atoms with van der Waals surface area (Å²) in [4.78, 5) is 7.11. The molecule has 2 aromatic rings. The van der Waals surface area contributed by atoms with Crippen molar-refractivity contribution in [3.05, 3.63) is 40.6 Å². The minimum absolute atomic E-state index is 0.420. The van der Waals surface area contributed by atoms with Crippen molar-refractivity contribution < 1.29 is 9.47 Å². The van der Waals surface area contributed by atoms with Crippen molar-refractivity contribution in [3.8, 4) is 11.5 Å². The third-order valence-electron chi connectivity index (χ3n) is 4.88. The number of aliphatic imine (C=N–C) groups is 1. The Balaban J connectivity index is 1.57. The van der Waals surface area contributed by atoms with Crippen molar-refractivity contribution >= 4 is 23.0 Å². The first kappa shape index (κ1) is 20.3. The van der Waals surface area contributed by atoms with E-state index in [2.05, 4.69) is 51.4 Å². The average molecular weight is 403 g/mol. The molecule has 7 heteroatoms. The first-order valence-electron chi connectivity index (χ1n) is 9.75. The van der Waals surface area contributed by atoms with Gasteiger partial charge in [-0.15, -0.1) is 0 Å². The summed E-state index contributed by atoms with van der Waals surface area (Å²) >= 11 is 1.71. The summed E-state index contributed by atoms with van der Waals surface area (Å²) in [5.74, 6) is 2.55. The van der Waals surface area contributed by atoms with E-state index >= 15 is 0 Å². The third-order valence-corrected chi connectivity index (χ3v) is 5.61. The van der Waals surface area contributed by atoms with Gasteiger partial charge in [0.2, 0.25) is 0 Å². The van der Waals surface area contributed by atoms with Crippen molar-refractivity contribution in [3.63, 3.8) is 0 Å². The first-order valence-corrected chi connectivity index (χ1v) is 10.7. The van der Waals surface area contributed by atoms with Crippen LogP contribution in [0.25, 0.3) is 0 Å². The van der Waals surface area contributed by atoms with Crippen LogP contribution in [0.3, 0.4) is 0 Å². The molecule has 0 saturated carbocycles. The van der Waals surface area contributed by atoms with Crippen LogP contribution < -0.4 is 25.0 Å². The summed E-state index contributed by atoms with van der Waals surface area (Å²) in [7, 11) is 3.37. The maximum Gasteiger partial charge on any atom is 0.191 e. The van der Waals surface area contributed by atoms with E-state index in [1.807, 2.05) is 6.07 Å². The lowest BCUT2D eigenvalue weighted by molar-refractivity contribution is 0.393. The maximum absolute atomic E-state index is 5.40. The van der Waals surface area contributed by atoms with E-state index in [-0.39, 0.29) is 0 Å². The van der Waals surface area contributed by atoms with Gasteiger partial charge in [0.05, 0.1) is 20.8 Å². The number of hydrogen-bond acceptors (Lipinski definition) is 5. The molecule has 0 amide bonds. The highest BCUT2D eigenvalue weighted by molar-refractivity contribution is 7.07. The number of thiophene rings is 1. The molecule has 1 aliphatic heterocycles. The van der Waals surface area contributed by atoms with Crippen molar-refractivity contribution in [2.75, 3.05) is 38.8 Å². The molecule has 3 rings (SSSR count). The van der Waals surface area contributed by atoms with E-state index in [4.69, 9.17) is 14.5 Å². The lowest BCUT2D eigenvalue weighted by Crippen LogP contribution is -2.48. The number of nitrogens with one attached hydrogen (secondary N) is 2. The summed E-state index contributed by atoms with van der Waals surface area (Å²) in [6.45, 7) is 5.63. The fraction of sp³-hybridized carbons (Fsp3) is 0.476. The summed E-state index contributed by atoms with van der Waals surface area (Å²) < 4.78 is 10.8. The molecule has 1 fully saturated rings. The number of hydrogen-bond donors (Lipinski definition) is 2. The number of benzene rings is 1. The summed E-state index contributed by atoms with van der Waals surface area (Å²) in [5, 5.41) is 11.2. The largest absolute Gasteiger partial charge is 0.497 e. The van der Waals surface area contributed by atoms with Crippen LogP contribution in [0.4, 0.5) is 5.69 Å². The Kier molecular flexibility index (Phi) is 7.42.